The molecule has 0 fully saturated rings. The van der Waals surface area contributed by atoms with Gasteiger partial charge in [0, 0.05) is 18.1 Å². The van der Waals surface area contributed by atoms with Crippen molar-refractivity contribution < 1.29 is 4.79 Å². The van der Waals surface area contributed by atoms with Gasteiger partial charge in [-0.1, -0.05) is 17.8 Å². The molecule has 0 bridgehead atoms. The van der Waals surface area contributed by atoms with Gasteiger partial charge in [-0.3, -0.25) is 4.79 Å². The highest BCUT2D eigenvalue weighted by molar-refractivity contribution is 7.10. The quantitative estimate of drug-likeness (QED) is 0.761. The number of aromatic nitrogens is 2. The maximum Gasteiger partial charge on any atom is 0.229 e. The van der Waals surface area contributed by atoms with E-state index >= 15 is 0 Å². The molecule has 6 heteroatoms. The van der Waals surface area contributed by atoms with Gasteiger partial charge in [-0.25, -0.2) is 0 Å². The summed E-state index contributed by atoms with van der Waals surface area (Å²) >= 11 is 1.16. The van der Waals surface area contributed by atoms with E-state index in [2.05, 4.69) is 14.9 Å². The third kappa shape index (κ3) is 3.04. The number of nitrogens with zero attached hydrogens (tertiary/aromatic N) is 2. The van der Waals surface area contributed by atoms with Crippen LogP contribution in [0.15, 0.2) is 6.20 Å². The summed E-state index contributed by atoms with van der Waals surface area (Å²) in [4.78, 5) is 11.6. The molecule has 78 valence electrons. The second-order valence-electron chi connectivity index (χ2n) is 2.99. The van der Waals surface area contributed by atoms with Crippen molar-refractivity contribution in [2.24, 2.45) is 11.7 Å². The van der Waals surface area contributed by atoms with Crippen molar-refractivity contribution in [1.82, 2.24) is 9.59 Å². The third-order valence-electron chi connectivity index (χ3n) is 1.90. The molecule has 0 spiro atoms. The molecular weight excluding hydrogens is 200 g/mol. The fourth-order valence-corrected chi connectivity index (χ4v) is 1.57. The van der Waals surface area contributed by atoms with Crippen LogP contribution in [-0.4, -0.2) is 22.0 Å². The molecule has 0 radical (unpaired) electrons. The SMILES string of the molecule is CCCC(CN)C(=O)Nc1cnns1. The molecular formula is C8H14N4OS. The number of hydrogen-bond acceptors (Lipinski definition) is 5. The molecule has 5 nitrogen and oxygen atoms in total. The monoisotopic (exact) mass is 214 g/mol. The molecule has 1 heterocycles. The maximum absolute atomic E-state index is 11.6. The van der Waals surface area contributed by atoms with E-state index < -0.39 is 0 Å². The topological polar surface area (TPSA) is 80.9 Å². The lowest BCUT2D eigenvalue weighted by Gasteiger charge is -2.11. The van der Waals surface area contributed by atoms with Crippen LogP contribution in [0.4, 0.5) is 5.00 Å². The normalized spacial score (nSPS) is 12.4. The van der Waals surface area contributed by atoms with Gasteiger partial charge in [0.05, 0.1) is 12.1 Å². The lowest BCUT2D eigenvalue weighted by molar-refractivity contribution is -0.119. The first-order valence-corrected chi connectivity index (χ1v) is 5.33. The Morgan fingerprint density at radius 3 is 3.07 bits per heavy atom. The van der Waals surface area contributed by atoms with E-state index in [4.69, 9.17) is 5.73 Å². The summed E-state index contributed by atoms with van der Waals surface area (Å²) in [6, 6.07) is 0. The lowest BCUT2D eigenvalue weighted by Crippen LogP contribution is -2.28. The van der Waals surface area contributed by atoms with E-state index in [1.165, 1.54) is 6.20 Å². The zero-order valence-electron chi connectivity index (χ0n) is 8.06. The minimum Gasteiger partial charge on any atom is -0.330 e. The van der Waals surface area contributed by atoms with Crippen molar-refractivity contribution >= 4 is 22.4 Å². The second kappa shape index (κ2) is 5.66. The number of amides is 1. The van der Waals surface area contributed by atoms with E-state index in [0.717, 1.165) is 24.4 Å². The van der Waals surface area contributed by atoms with Crippen LogP contribution < -0.4 is 11.1 Å². The number of carbonyl (C=O) groups is 1. The van der Waals surface area contributed by atoms with E-state index in [9.17, 15) is 4.79 Å². The Bertz CT molecular complexity index is 275. The van der Waals surface area contributed by atoms with Gasteiger partial charge in [0.25, 0.3) is 0 Å². The zero-order chi connectivity index (χ0) is 10.4. The highest BCUT2D eigenvalue weighted by atomic mass is 32.1. The van der Waals surface area contributed by atoms with Gasteiger partial charge in [0.15, 0.2) is 0 Å². The Balaban J connectivity index is 2.47. The van der Waals surface area contributed by atoms with Crippen molar-refractivity contribution in [2.45, 2.75) is 19.8 Å². The van der Waals surface area contributed by atoms with Gasteiger partial charge >= 0.3 is 0 Å². The predicted octanol–water partition coefficient (Wildman–Crippen LogP) is 0.852. The first-order chi connectivity index (χ1) is 6.77. The van der Waals surface area contributed by atoms with Crippen LogP contribution in [0.3, 0.4) is 0 Å². The first kappa shape index (κ1) is 11.1. The summed E-state index contributed by atoms with van der Waals surface area (Å²) in [5.74, 6) is -0.150. The molecule has 1 atom stereocenters. The first-order valence-electron chi connectivity index (χ1n) is 4.56. The molecule has 1 rings (SSSR count). The minimum absolute atomic E-state index is 0.0413. The molecule has 0 aliphatic heterocycles. The van der Waals surface area contributed by atoms with Crippen molar-refractivity contribution in [2.75, 3.05) is 11.9 Å². The third-order valence-corrected chi connectivity index (χ3v) is 2.48. The molecule has 1 aromatic rings. The van der Waals surface area contributed by atoms with Crippen LogP contribution in [-0.2, 0) is 4.79 Å². The molecule has 0 saturated carbocycles. The fraction of sp³-hybridized carbons (Fsp3) is 0.625. The van der Waals surface area contributed by atoms with Gasteiger partial charge in [-0.15, -0.1) is 5.10 Å². The molecule has 0 saturated heterocycles. The molecule has 0 aliphatic carbocycles. The van der Waals surface area contributed by atoms with Gasteiger partial charge in [-0.05, 0) is 6.42 Å². The second-order valence-corrected chi connectivity index (χ2v) is 3.78. The Hall–Kier alpha value is -1.01. The van der Waals surface area contributed by atoms with E-state index in [-0.39, 0.29) is 11.8 Å². The van der Waals surface area contributed by atoms with Crippen molar-refractivity contribution in [3.05, 3.63) is 6.20 Å². The summed E-state index contributed by atoms with van der Waals surface area (Å²) in [5.41, 5.74) is 5.50. The van der Waals surface area contributed by atoms with Crippen LogP contribution in [0.25, 0.3) is 0 Å². The molecule has 1 unspecified atom stereocenters. The maximum atomic E-state index is 11.6. The van der Waals surface area contributed by atoms with Crippen LogP contribution in [0.2, 0.25) is 0 Å². The summed E-state index contributed by atoms with van der Waals surface area (Å²) in [6.07, 6.45) is 3.30. The lowest BCUT2D eigenvalue weighted by atomic mass is 10.0. The number of anilines is 1. The highest BCUT2D eigenvalue weighted by Gasteiger charge is 2.16. The van der Waals surface area contributed by atoms with Gasteiger partial charge in [-0.2, -0.15) is 0 Å². The van der Waals surface area contributed by atoms with Crippen molar-refractivity contribution in [3.8, 4) is 0 Å². The summed E-state index contributed by atoms with van der Waals surface area (Å²) < 4.78 is 3.65. The Morgan fingerprint density at radius 1 is 1.79 bits per heavy atom. The largest absolute Gasteiger partial charge is 0.330 e. The average molecular weight is 214 g/mol. The number of rotatable bonds is 5. The average Bonchev–Trinajstić information content (AvgIpc) is 2.66. The number of hydrogen-bond donors (Lipinski definition) is 2. The van der Waals surface area contributed by atoms with E-state index in [1.807, 2.05) is 6.92 Å². The molecule has 14 heavy (non-hydrogen) atoms. The van der Waals surface area contributed by atoms with E-state index in [1.54, 1.807) is 0 Å². The zero-order valence-corrected chi connectivity index (χ0v) is 8.88. The summed E-state index contributed by atoms with van der Waals surface area (Å²) in [5, 5.41) is 7.03. The van der Waals surface area contributed by atoms with Crippen LogP contribution >= 0.6 is 11.5 Å². The summed E-state index contributed by atoms with van der Waals surface area (Å²) in [6.45, 7) is 2.41. The number of nitrogens with two attached hydrogens (primary N) is 1. The Morgan fingerprint density at radius 2 is 2.57 bits per heavy atom. The van der Waals surface area contributed by atoms with Crippen molar-refractivity contribution in [3.63, 3.8) is 0 Å². The molecule has 0 aliphatic rings. The van der Waals surface area contributed by atoms with E-state index in [0.29, 0.717) is 11.5 Å². The molecule has 1 aromatic heterocycles. The minimum atomic E-state index is -0.109. The molecule has 3 N–H and O–H groups in total. The van der Waals surface area contributed by atoms with Gasteiger partial charge in [0.1, 0.15) is 5.00 Å². The Kier molecular flexibility index (Phi) is 4.48. The highest BCUT2D eigenvalue weighted by Crippen LogP contribution is 2.13. The smallest absolute Gasteiger partial charge is 0.229 e. The number of nitrogens with one attached hydrogen (secondary N) is 1. The fourth-order valence-electron chi connectivity index (χ4n) is 1.15. The van der Waals surface area contributed by atoms with Gasteiger partial charge < -0.3 is 11.1 Å². The molecule has 0 aromatic carbocycles. The predicted molar refractivity (Wildman–Crippen MR) is 56.0 cm³/mol. The van der Waals surface area contributed by atoms with Crippen LogP contribution in [0.1, 0.15) is 19.8 Å². The van der Waals surface area contributed by atoms with Crippen LogP contribution in [0, 0.1) is 5.92 Å². The number of carbonyl (C=O) groups excluding carboxylic acids is 1. The van der Waals surface area contributed by atoms with Crippen molar-refractivity contribution in [1.29, 1.82) is 0 Å². The molecule has 1 amide bonds. The summed E-state index contributed by atoms with van der Waals surface area (Å²) in [7, 11) is 0. The van der Waals surface area contributed by atoms with Gasteiger partial charge in [0.2, 0.25) is 5.91 Å². The Labute approximate surface area is 86.9 Å². The van der Waals surface area contributed by atoms with Crippen LogP contribution in [0.5, 0.6) is 0 Å². The standard InChI is InChI=1S/C8H14N4OS/c1-2-3-6(4-9)8(13)11-7-5-10-12-14-7/h5-6H,2-4,9H2,1H3,(H,11,13).